The lowest BCUT2D eigenvalue weighted by Gasteiger charge is -2.19. The molecule has 56 heavy (non-hydrogen) atoms. The smallest absolute Gasteiger partial charge is 0.146 e. The maximum atomic E-state index is 13.1. The van der Waals surface area contributed by atoms with E-state index in [1.54, 1.807) is 0 Å². The predicted molar refractivity (Wildman–Crippen MR) is 264 cm³/mol. The Kier molecular flexibility index (Phi) is 23.9. The minimum atomic E-state index is -1.45. The van der Waals surface area contributed by atoms with E-state index in [0.29, 0.717) is 6.42 Å². The lowest BCUT2D eigenvalue weighted by molar-refractivity contribution is 0.0289. The van der Waals surface area contributed by atoms with E-state index < -0.39 is 70.2 Å². The minimum Gasteiger partial charge on any atom is -0.390 e. The van der Waals surface area contributed by atoms with Gasteiger partial charge in [-0.15, -0.1) is 52.7 Å². The van der Waals surface area contributed by atoms with E-state index in [1.165, 1.54) is 0 Å². The largest absolute Gasteiger partial charge is 0.390 e. The Labute approximate surface area is 360 Å². The minimum absolute atomic E-state index is 0.0175. The van der Waals surface area contributed by atoms with Gasteiger partial charge in [0.25, 0.3) is 0 Å². The van der Waals surface area contributed by atoms with Crippen LogP contribution < -0.4 is 0 Å². The highest BCUT2D eigenvalue weighted by molar-refractivity contribution is 14.1. The molecule has 0 aromatic carbocycles. The molecule has 4 unspecified atom stereocenters. The van der Waals surface area contributed by atoms with E-state index in [1.807, 2.05) is 13.8 Å². The summed E-state index contributed by atoms with van der Waals surface area (Å²) in [6, 6.07) is -1.90. The van der Waals surface area contributed by atoms with Crippen molar-refractivity contribution in [3.8, 4) is 0 Å². The fourth-order valence-corrected chi connectivity index (χ4v) is 10.7. The molecule has 4 fully saturated rings. The lowest BCUT2D eigenvalue weighted by Crippen LogP contribution is -2.29. The van der Waals surface area contributed by atoms with E-state index in [-0.39, 0.29) is 52.1 Å². The van der Waals surface area contributed by atoms with Crippen LogP contribution >= 0.6 is 50.1 Å². The zero-order valence-electron chi connectivity index (χ0n) is 36.0. The fourth-order valence-electron chi connectivity index (χ4n) is 6.25. The van der Waals surface area contributed by atoms with Gasteiger partial charge in [0.05, 0.1) is 52.7 Å². The van der Waals surface area contributed by atoms with E-state index in [9.17, 15) is 24.8 Å². The van der Waals surface area contributed by atoms with Crippen LogP contribution in [0.3, 0.4) is 0 Å². The van der Waals surface area contributed by atoms with Crippen LogP contribution in [-0.2, 0) is 18.9 Å². The third-order valence-corrected chi connectivity index (χ3v) is 17.6. The van der Waals surface area contributed by atoms with Crippen LogP contribution in [0.4, 0.5) is 4.39 Å². The van der Waals surface area contributed by atoms with E-state index in [0.717, 1.165) is 43.9 Å². The molecule has 4 saturated heterocycles. The fraction of sp³-hybridized carbons (Fsp3) is 0.895. The second-order valence-electron chi connectivity index (χ2n) is 18.9. The molecular weight excluding hydrogens is 897 g/mol. The lowest BCUT2D eigenvalue weighted by atomic mass is 9.86. The molecule has 0 saturated carbocycles. The van der Waals surface area contributed by atoms with Crippen molar-refractivity contribution in [2.24, 2.45) is 11.8 Å². The number of halogens is 2. The molecular formula is C38H74B4FIO8P4. The highest BCUT2D eigenvalue weighted by atomic mass is 127. The Hall–Kier alpha value is 1.80. The molecule has 4 rings (SSSR count). The summed E-state index contributed by atoms with van der Waals surface area (Å²) < 4.78 is 34.7. The van der Waals surface area contributed by atoms with Crippen LogP contribution in [0.5, 0.6) is 0 Å². The standard InChI is InChI=1S/2C10H20BO2P.C9H17BFO2P.C9H17BIO2P/c2*1-7-9(12)8(13-10(7)11)5-6-14(2,3)4;2*1-14(2,3)5-4-6-8(12)7(11)9(10)13-6/h2*7-10,12H,2,5-6H2,1,3-4H3;2*6-9,12H,1,4-5H2,2-3H3/t2*7?,8-,9+,10-;2*6-,7?,8-,9-/m1111/s1. The highest BCUT2D eigenvalue weighted by Crippen LogP contribution is 2.41. The quantitative estimate of drug-likeness (QED) is 0.101. The zero-order valence-corrected chi connectivity index (χ0v) is 41.7. The number of rotatable bonds is 12. The highest BCUT2D eigenvalue weighted by Gasteiger charge is 2.42. The zero-order chi connectivity index (χ0) is 43.7. The molecule has 4 heterocycles. The van der Waals surface area contributed by atoms with Gasteiger partial charge in [-0.1, -0.05) is 36.4 Å². The molecule has 320 valence electrons. The molecule has 4 aliphatic rings. The molecule has 8 radical (unpaired) electrons. The average molecular weight is 972 g/mol. The van der Waals surface area contributed by atoms with Crippen molar-refractivity contribution in [2.45, 2.75) is 122 Å². The van der Waals surface area contributed by atoms with Crippen LogP contribution in [0.1, 0.15) is 39.5 Å². The molecule has 0 spiro atoms. The van der Waals surface area contributed by atoms with Crippen LogP contribution in [0, 0.1) is 11.8 Å². The number of aliphatic hydroxyl groups is 4. The molecule has 8 nitrogen and oxygen atoms in total. The first-order chi connectivity index (χ1) is 25.2. The van der Waals surface area contributed by atoms with Crippen molar-refractivity contribution < 1.29 is 43.8 Å². The predicted octanol–water partition coefficient (Wildman–Crippen LogP) is 3.77. The molecule has 16 atom stereocenters. The summed E-state index contributed by atoms with van der Waals surface area (Å²) in [5.41, 5.74) is 0. The van der Waals surface area contributed by atoms with Crippen molar-refractivity contribution in [3.63, 3.8) is 0 Å². The number of hydrogen-bond donors (Lipinski definition) is 4. The first-order valence-electron chi connectivity index (χ1n) is 19.6. The molecule has 0 amide bonds. The van der Waals surface area contributed by atoms with Crippen LogP contribution in [0.2, 0.25) is 0 Å². The van der Waals surface area contributed by atoms with Crippen molar-refractivity contribution in [1.29, 1.82) is 0 Å². The summed E-state index contributed by atoms with van der Waals surface area (Å²) in [7, 11) is 22.5. The van der Waals surface area contributed by atoms with E-state index in [4.69, 9.17) is 50.3 Å². The Morgan fingerprint density at radius 2 is 0.732 bits per heavy atom. The summed E-state index contributed by atoms with van der Waals surface area (Å²) in [6.07, 6.45) is 19.3. The van der Waals surface area contributed by atoms with Gasteiger partial charge in [0.2, 0.25) is 0 Å². The third-order valence-electron chi connectivity index (χ3n) is 10.3. The topological polar surface area (TPSA) is 118 Å². The second kappa shape index (κ2) is 24.0. The van der Waals surface area contributed by atoms with E-state index in [2.05, 4.69) is 101 Å². The second-order valence-corrected chi connectivity index (χ2v) is 37.6. The summed E-state index contributed by atoms with van der Waals surface area (Å²) in [4.78, 5) is 0. The van der Waals surface area contributed by atoms with Gasteiger partial charge in [-0.3, -0.25) is 0 Å². The van der Waals surface area contributed by atoms with Crippen molar-refractivity contribution in [1.82, 2.24) is 0 Å². The van der Waals surface area contributed by atoms with Crippen molar-refractivity contribution in [3.05, 3.63) is 0 Å². The van der Waals surface area contributed by atoms with Gasteiger partial charge in [0, 0.05) is 29.8 Å². The van der Waals surface area contributed by atoms with Crippen LogP contribution in [-0.4, -0.2) is 238 Å². The molecule has 4 aliphatic heterocycles. The maximum absolute atomic E-state index is 13.1. The molecule has 4 N–H and O–H groups in total. The molecule has 0 aromatic heterocycles. The molecule has 0 aromatic rings. The van der Waals surface area contributed by atoms with Crippen LogP contribution in [0.25, 0.3) is 0 Å². The van der Waals surface area contributed by atoms with Gasteiger partial charge >= 0.3 is 0 Å². The van der Waals surface area contributed by atoms with Gasteiger partial charge in [0.1, 0.15) is 43.7 Å². The summed E-state index contributed by atoms with van der Waals surface area (Å²) in [5.74, 6) is 0.0949. The monoisotopic (exact) mass is 972 g/mol. The van der Waals surface area contributed by atoms with Gasteiger partial charge < -0.3 is 39.4 Å². The SMILES string of the molecule is [B][C@@H]1O[C@H](CCP(=C)(C)C)[C@@H](O)C1C.[B][C@@H]1O[C@H](CCP(=C)(C)C)[C@@H](O)C1C.[B][C@@H]1O[C@H](CCP(=C)(C)C)[C@@H](O)C1F.[B][C@@H]1O[C@H](CCP(=C)(C)C)[C@@H](O)C1I. The first kappa shape index (κ1) is 55.8. The summed E-state index contributed by atoms with van der Waals surface area (Å²) in [5, 5.41) is 38.9. The Bertz CT molecular complexity index is 1170. The summed E-state index contributed by atoms with van der Waals surface area (Å²) >= 11 is 2.15. The third kappa shape index (κ3) is 20.8. The summed E-state index contributed by atoms with van der Waals surface area (Å²) in [6.45, 7) is 17.0. The number of alkyl halides is 2. The Balaban J connectivity index is 0.000000373. The van der Waals surface area contributed by atoms with Gasteiger partial charge in [-0.25, -0.2) is 4.39 Å². The Morgan fingerprint density at radius 1 is 0.482 bits per heavy atom. The van der Waals surface area contributed by atoms with Crippen molar-refractivity contribution in [2.75, 3.05) is 78.0 Å². The average Bonchev–Trinajstić information content (AvgIpc) is 3.66. The van der Waals surface area contributed by atoms with Crippen molar-refractivity contribution >= 4 is 107 Å². The normalized spacial score (nSPS) is 38.9. The van der Waals surface area contributed by atoms with Crippen LogP contribution in [0.15, 0.2) is 0 Å². The van der Waals surface area contributed by atoms with Gasteiger partial charge in [0.15, 0.2) is 0 Å². The van der Waals surface area contributed by atoms with Gasteiger partial charge in [-0.2, -0.15) is 0 Å². The first-order valence-corrected chi connectivity index (χ1v) is 33.0. The number of aliphatic hydroxyl groups excluding tert-OH is 4. The number of ether oxygens (including phenoxy) is 4. The Morgan fingerprint density at radius 3 is 0.929 bits per heavy atom. The molecule has 18 heteroatoms. The molecule has 0 bridgehead atoms. The molecule has 0 aliphatic carbocycles. The van der Waals surface area contributed by atoms with E-state index >= 15 is 0 Å². The van der Waals surface area contributed by atoms with Gasteiger partial charge in [-0.05, 0) is 104 Å². The number of hydrogen-bond acceptors (Lipinski definition) is 8. The maximum Gasteiger partial charge on any atom is 0.146 e.